The van der Waals surface area contributed by atoms with Crippen LogP contribution < -0.4 is 10.2 Å². The molecule has 1 amide bonds. The molecule has 12 heteroatoms. The van der Waals surface area contributed by atoms with E-state index in [-0.39, 0.29) is 5.04 Å². The molecule has 1 atom stereocenters. The maximum Gasteiger partial charge on any atom is 0.414 e. The summed E-state index contributed by atoms with van der Waals surface area (Å²) >= 11 is 0. The second kappa shape index (κ2) is 12.7. The topological polar surface area (TPSA) is 121 Å². The van der Waals surface area contributed by atoms with E-state index >= 15 is 0 Å². The van der Waals surface area contributed by atoms with E-state index in [1.165, 1.54) is 0 Å². The number of nitrogens with zero attached hydrogens (tertiary/aromatic N) is 7. The first-order chi connectivity index (χ1) is 21.9. The van der Waals surface area contributed by atoms with E-state index in [2.05, 4.69) is 74.2 Å². The standard InChI is InChI=1S/C35H50N8O3Si/c1-33(2,3)46-32(44)42-22-35(7,23-45-47(9,10)34(4,5)6)27-20-24(19-25(21-36)30(27)42)28-11-15-37-31(39-28)40-29-12-16-38-43(29)26-13-17-41(8)18-14-26/h11-12,15-16,19-20,26H,13-14,17-18,22-23H2,1-10H3,(H,37,39,40)/t35-/m1/s1. The van der Waals surface area contributed by atoms with E-state index in [0.717, 1.165) is 42.9 Å². The molecular weight excluding hydrogens is 609 g/mol. The SMILES string of the molecule is CN1CCC(n2nccc2Nc2nccc(-c3cc(C#N)c4c(c3)[C@@](C)(CO[Si](C)(C)C(C)(C)C)CN4C(=O)OC(C)(C)C)n2)CC1. The summed E-state index contributed by atoms with van der Waals surface area (Å²) in [6.45, 7) is 21.5. The molecule has 2 aliphatic rings. The molecule has 0 aliphatic carbocycles. The van der Waals surface area contributed by atoms with Gasteiger partial charge in [0.2, 0.25) is 5.95 Å². The van der Waals surface area contributed by atoms with E-state index in [9.17, 15) is 10.1 Å². The average Bonchev–Trinajstić information content (AvgIpc) is 3.57. The Morgan fingerprint density at radius 2 is 1.83 bits per heavy atom. The molecule has 2 aromatic heterocycles. The van der Waals surface area contributed by atoms with Crippen LogP contribution in [0.2, 0.25) is 18.1 Å². The van der Waals surface area contributed by atoms with Gasteiger partial charge in [-0.3, -0.25) is 4.90 Å². The molecule has 0 radical (unpaired) electrons. The van der Waals surface area contributed by atoms with Crippen molar-refractivity contribution in [3.8, 4) is 17.3 Å². The quantitative estimate of drug-likeness (QED) is 0.262. The van der Waals surface area contributed by atoms with Crippen molar-refractivity contribution in [3.63, 3.8) is 0 Å². The predicted molar refractivity (Wildman–Crippen MR) is 188 cm³/mol. The number of ether oxygens (including phenoxy) is 1. The summed E-state index contributed by atoms with van der Waals surface area (Å²) in [6.07, 6.45) is 5.09. The molecule has 5 rings (SSSR count). The second-order valence-corrected chi connectivity index (χ2v) is 20.6. The number of nitriles is 1. The van der Waals surface area contributed by atoms with Crippen LogP contribution in [0.5, 0.6) is 0 Å². The summed E-state index contributed by atoms with van der Waals surface area (Å²) in [7, 11) is 0.0211. The van der Waals surface area contributed by atoms with E-state index in [1.54, 1.807) is 23.4 Å². The molecule has 0 spiro atoms. The Balaban J connectivity index is 1.51. The number of carbonyl (C=O) groups excluding carboxylic acids is 1. The number of piperidine rings is 1. The maximum atomic E-state index is 13.6. The van der Waals surface area contributed by atoms with Crippen LogP contribution in [-0.4, -0.2) is 77.9 Å². The zero-order valence-corrected chi connectivity index (χ0v) is 30.6. The van der Waals surface area contributed by atoms with Gasteiger partial charge in [0, 0.05) is 36.4 Å². The molecule has 1 aromatic carbocycles. The first-order valence-electron chi connectivity index (χ1n) is 16.5. The minimum atomic E-state index is -2.13. The van der Waals surface area contributed by atoms with Crippen molar-refractivity contribution >= 4 is 31.9 Å². The largest absolute Gasteiger partial charge is 0.443 e. The van der Waals surface area contributed by atoms with Crippen molar-refractivity contribution in [2.45, 2.75) is 96.5 Å². The van der Waals surface area contributed by atoms with Crippen molar-refractivity contribution in [1.82, 2.24) is 24.6 Å². The summed E-state index contributed by atoms with van der Waals surface area (Å²) in [5.41, 5.74) is 1.97. The molecule has 1 N–H and O–H groups in total. The number of benzene rings is 1. The number of hydrogen-bond acceptors (Lipinski definition) is 9. The molecule has 0 unspecified atom stereocenters. The Hall–Kier alpha value is -3.79. The maximum absolute atomic E-state index is 13.6. The number of carbonyl (C=O) groups is 1. The van der Waals surface area contributed by atoms with E-state index < -0.39 is 25.4 Å². The summed E-state index contributed by atoms with van der Waals surface area (Å²) in [6, 6.07) is 10.3. The van der Waals surface area contributed by atoms with E-state index in [4.69, 9.17) is 14.1 Å². The Bertz CT molecular complexity index is 1660. The van der Waals surface area contributed by atoms with Gasteiger partial charge in [-0.1, -0.05) is 27.7 Å². The van der Waals surface area contributed by atoms with Crippen molar-refractivity contribution in [1.29, 1.82) is 5.26 Å². The van der Waals surface area contributed by atoms with Gasteiger partial charge in [-0.25, -0.2) is 19.4 Å². The number of rotatable bonds is 7. The zero-order valence-electron chi connectivity index (χ0n) is 29.6. The monoisotopic (exact) mass is 658 g/mol. The third kappa shape index (κ3) is 7.37. The molecule has 0 saturated carbocycles. The summed E-state index contributed by atoms with van der Waals surface area (Å²) in [5, 5.41) is 18.4. The Morgan fingerprint density at radius 3 is 2.47 bits per heavy atom. The lowest BCUT2D eigenvalue weighted by Gasteiger charge is -2.39. The normalized spacial score (nSPS) is 19.4. The lowest BCUT2D eigenvalue weighted by atomic mass is 9.83. The lowest BCUT2D eigenvalue weighted by Crippen LogP contribution is -2.46. The molecule has 252 valence electrons. The van der Waals surface area contributed by atoms with Gasteiger partial charge in [-0.2, -0.15) is 10.4 Å². The van der Waals surface area contributed by atoms with Gasteiger partial charge in [-0.05, 0) is 95.6 Å². The van der Waals surface area contributed by atoms with E-state index in [0.29, 0.717) is 42.1 Å². The highest BCUT2D eigenvalue weighted by Gasteiger charge is 2.47. The third-order valence-corrected chi connectivity index (χ3v) is 14.2. The molecule has 3 aromatic rings. The van der Waals surface area contributed by atoms with Crippen LogP contribution in [-0.2, 0) is 14.6 Å². The summed E-state index contributed by atoms with van der Waals surface area (Å²) in [4.78, 5) is 26.9. The molecule has 4 heterocycles. The van der Waals surface area contributed by atoms with Gasteiger partial charge in [-0.15, -0.1) is 0 Å². The fourth-order valence-corrected chi connectivity index (χ4v) is 7.03. The Morgan fingerprint density at radius 1 is 1.13 bits per heavy atom. The van der Waals surface area contributed by atoms with Crippen LogP contribution in [0.3, 0.4) is 0 Å². The highest BCUT2D eigenvalue weighted by atomic mass is 28.4. The fraction of sp³-hybridized carbons (Fsp3) is 0.571. The first kappa shape index (κ1) is 34.5. The van der Waals surface area contributed by atoms with Gasteiger partial charge >= 0.3 is 6.09 Å². The molecular formula is C35H50N8O3Si. The minimum Gasteiger partial charge on any atom is -0.443 e. The van der Waals surface area contributed by atoms with Crippen LogP contribution in [0.15, 0.2) is 36.7 Å². The van der Waals surface area contributed by atoms with Crippen molar-refractivity contribution in [3.05, 3.63) is 47.8 Å². The molecule has 47 heavy (non-hydrogen) atoms. The number of amides is 1. The van der Waals surface area contributed by atoms with Crippen LogP contribution >= 0.6 is 0 Å². The van der Waals surface area contributed by atoms with Crippen molar-refractivity contribution < 1.29 is 14.0 Å². The number of likely N-dealkylation sites (tertiary alicyclic amines) is 1. The Kier molecular flexibility index (Phi) is 9.31. The van der Waals surface area contributed by atoms with Gasteiger partial charge in [0.15, 0.2) is 8.32 Å². The van der Waals surface area contributed by atoms with Gasteiger partial charge in [0.05, 0.1) is 29.2 Å². The molecule has 0 bridgehead atoms. The number of aromatic nitrogens is 4. The van der Waals surface area contributed by atoms with Crippen LogP contribution in [0, 0.1) is 11.3 Å². The fourth-order valence-electron chi connectivity index (χ4n) is 5.92. The van der Waals surface area contributed by atoms with Crippen LogP contribution in [0.25, 0.3) is 11.3 Å². The number of anilines is 3. The predicted octanol–water partition coefficient (Wildman–Crippen LogP) is 7.26. The highest BCUT2D eigenvalue weighted by molar-refractivity contribution is 6.74. The lowest BCUT2D eigenvalue weighted by molar-refractivity contribution is 0.0575. The first-order valence-corrected chi connectivity index (χ1v) is 19.4. The Labute approximate surface area is 280 Å². The molecule has 1 saturated heterocycles. The third-order valence-electron chi connectivity index (χ3n) is 9.72. The highest BCUT2D eigenvalue weighted by Crippen LogP contribution is 2.47. The number of fused-ring (bicyclic) bond motifs is 1. The van der Waals surface area contributed by atoms with Gasteiger partial charge in [0.25, 0.3) is 0 Å². The second-order valence-electron chi connectivity index (χ2n) is 15.8. The molecule has 1 fully saturated rings. The van der Waals surface area contributed by atoms with Crippen LogP contribution in [0.1, 0.15) is 78.5 Å². The van der Waals surface area contributed by atoms with Crippen molar-refractivity contribution in [2.75, 3.05) is 43.5 Å². The number of nitrogens with one attached hydrogen (secondary N) is 1. The zero-order chi connectivity index (χ0) is 34.4. The van der Waals surface area contributed by atoms with Gasteiger partial charge in [0.1, 0.15) is 17.5 Å². The summed E-state index contributed by atoms with van der Waals surface area (Å²) in [5.74, 6) is 1.28. The van der Waals surface area contributed by atoms with Gasteiger partial charge < -0.3 is 19.4 Å². The van der Waals surface area contributed by atoms with E-state index in [1.807, 2.05) is 43.7 Å². The smallest absolute Gasteiger partial charge is 0.414 e. The van der Waals surface area contributed by atoms with Crippen LogP contribution in [0.4, 0.5) is 22.2 Å². The molecule has 2 aliphatic heterocycles. The summed E-state index contributed by atoms with van der Waals surface area (Å²) < 4.78 is 14.6. The molecule has 11 nitrogen and oxygen atoms in total. The number of hydrogen-bond donors (Lipinski definition) is 1. The van der Waals surface area contributed by atoms with Crippen molar-refractivity contribution in [2.24, 2.45) is 0 Å². The minimum absolute atomic E-state index is 0.0163. The average molecular weight is 659 g/mol.